The Morgan fingerprint density at radius 2 is 2.24 bits per heavy atom. The van der Waals surface area contributed by atoms with Gasteiger partial charge in [-0.1, -0.05) is 29.8 Å². The minimum absolute atomic E-state index is 0.0506. The fourth-order valence-corrected chi connectivity index (χ4v) is 2.35. The molecule has 1 unspecified atom stereocenters. The van der Waals surface area contributed by atoms with E-state index in [4.69, 9.17) is 11.6 Å². The number of nitrogens with zero attached hydrogens (tertiary/aromatic N) is 3. The molecule has 5 nitrogen and oxygen atoms in total. The van der Waals surface area contributed by atoms with Crippen LogP contribution < -0.4 is 5.32 Å². The van der Waals surface area contributed by atoms with Gasteiger partial charge in [0.25, 0.3) is 0 Å². The largest absolute Gasteiger partial charge is 0.353 e. The number of carbonyl (C=O) groups is 1. The van der Waals surface area contributed by atoms with Gasteiger partial charge in [0.15, 0.2) is 0 Å². The van der Waals surface area contributed by atoms with Crippen LogP contribution in [0.5, 0.6) is 0 Å². The Morgan fingerprint density at radius 3 is 2.95 bits per heavy atom. The molecule has 0 radical (unpaired) electrons. The van der Waals surface area contributed by atoms with Gasteiger partial charge in [0.2, 0.25) is 5.91 Å². The molecular formula is C15H19ClN4O. The summed E-state index contributed by atoms with van der Waals surface area (Å²) in [5.41, 5.74) is 1.05. The van der Waals surface area contributed by atoms with Crippen LogP contribution in [-0.2, 0) is 17.8 Å². The van der Waals surface area contributed by atoms with Crippen molar-refractivity contribution in [1.29, 1.82) is 0 Å². The van der Waals surface area contributed by atoms with Crippen molar-refractivity contribution in [1.82, 2.24) is 20.1 Å². The summed E-state index contributed by atoms with van der Waals surface area (Å²) in [6.07, 6.45) is 5.10. The normalized spacial score (nSPS) is 12.1. The third-order valence-electron chi connectivity index (χ3n) is 3.15. The van der Waals surface area contributed by atoms with Gasteiger partial charge in [-0.25, -0.2) is 4.98 Å². The van der Waals surface area contributed by atoms with Crippen molar-refractivity contribution in [2.45, 2.75) is 38.8 Å². The van der Waals surface area contributed by atoms with Crippen LogP contribution in [0, 0.1) is 0 Å². The lowest BCUT2D eigenvalue weighted by molar-refractivity contribution is -0.121. The Labute approximate surface area is 129 Å². The first-order valence-corrected chi connectivity index (χ1v) is 7.38. The number of benzene rings is 1. The molecule has 6 heteroatoms. The van der Waals surface area contributed by atoms with Gasteiger partial charge in [-0.05, 0) is 31.4 Å². The second-order valence-corrected chi connectivity index (χ2v) is 5.43. The van der Waals surface area contributed by atoms with Crippen LogP contribution in [0.25, 0.3) is 0 Å². The van der Waals surface area contributed by atoms with Crippen molar-refractivity contribution >= 4 is 17.5 Å². The fourth-order valence-electron chi connectivity index (χ4n) is 2.14. The number of amides is 1. The predicted molar refractivity (Wildman–Crippen MR) is 82.0 cm³/mol. The van der Waals surface area contributed by atoms with Gasteiger partial charge in [0, 0.05) is 24.0 Å². The van der Waals surface area contributed by atoms with E-state index in [1.54, 1.807) is 11.0 Å². The fraction of sp³-hybridized carbons (Fsp3) is 0.400. The molecule has 0 bridgehead atoms. The van der Waals surface area contributed by atoms with E-state index in [9.17, 15) is 4.79 Å². The first-order valence-electron chi connectivity index (χ1n) is 7.00. The van der Waals surface area contributed by atoms with Crippen molar-refractivity contribution in [3.8, 4) is 0 Å². The molecule has 0 aliphatic carbocycles. The van der Waals surface area contributed by atoms with Crippen LogP contribution in [-0.4, -0.2) is 26.7 Å². The van der Waals surface area contributed by atoms with Crippen LogP contribution in [0.4, 0.5) is 0 Å². The van der Waals surface area contributed by atoms with Gasteiger partial charge in [-0.2, -0.15) is 5.10 Å². The van der Waals surface area contributed by atoms with Crippen molar-refractivity contribution in [3.63, 3.8) is 0 Å². The monoisotopic (exact) mass is 306 g/mol. The number of carbonyl (C=O) groups excluding carboxylic acids is 1. The third kappa shape index (κ3) is 5.19. The van der Waals surface area contributed by atoms with Crippen molar-refractivity contribution in [3.05, 3.63) is 47.5 Å². The summed E-state index contributed by atoms with van der Waals surface area (Å²) in [4.78, 5) is 15.7. The smallest absolute Gasteiger partial charge is 0.220 e. The maximum absolute atomic E-state index is 11.9. The van der Waals surface area contributed by atoms with Crippen LogP contribution >= 0.6 is 11.6 Å². The highest BCUT2D eigenvalue weighted by molar-refractivity contribution is 6.31. The van der Waals surface area contributed by atoms with Gasteiger partial charge in [-0.15, -0.1) is 0 Å². The summed E-state index contributed by atoms with van der Waals surface area (Å²) >= 11 is 6.12. The van der Waals surface area contributed by atoms with Crippen LogP contribution in [0.15, 0.2) is 36.9 Å². The highest BCUT2D eigenvalue weighted by Gasteiger charge is 2.09. The van der Waals surface area contributed by atoms with Gasteiger partial charge < -0.3 is 5.32 Å². The van der Waals surface area contributed by atoms with Crippen LogP contribution in [0.3, 0.4) is 0 Å². The zero-order valence-electron chi connectivity index (χ0n) is 12.0. The maximum Gasteiger partial charge on any atom is 0.220 e. The molecule has 112 valence electrons. The first-order chi connectivity index (χ1) is 10.1. The highest BCUT2D eigenvalue weighted by Crippen LogP contribution is 2.16. The summed E-state index contributed by atoms with van der Waals surface area (Å²) in [5.74, 6) is 0.0506. The van der Waals surface area contributed by atoms with Crippen LogP contribution in [0.1, 0.15) is 25.3 Å². The summed E-state index contributed by atoms with van der Waals surface area (Å²) in [6.45, 7) is 2.69. The molecule has 1 atom stereocenters. The third-order valence-corrected chi connectivity index (χ3v) is 3.52. The minimum Gasteiger partial charge on any atom is -0.353 e. The highest BCUT2D eigenvalue weighted by atomic mass is 35.5. The Morgan fingerprint density at radius 1 is 1.43 bits per heavy atom. The molecule has 2 aromatic rings. The summed E-state index contributed by atoms with van der Waals surface area (Å²) < 4.78 is 1.72. The number of aromatic nitrogens is 3. The lowest BCUT2D eigenvalue weighted by Gasteiger charge is -2.14. The van der Waals surface area contributed by atoms with E-state index in [0.717, 1.165) is 23.4 Å². The maximum atomic E-state index is 11.9. The Hall–Kier alpha value is -1.88. The van der Waals surface area contributed by atoms with E-state index in [2.05, 4.69) is 15.4 Å². The predicted octanol–water partition coefficient (Wildman–Crippen LogP) is 2.46. The van der Waals surface area contributed by atoms with E-state index in [-0.39, 0.29) is 11.9 Å². The molecule has 1 heterocycles. The quantitative estimate of drug-likeness (QED) is 0.855. The zero-order valence-corrected chi connectivity index (χ0v) is 12.8. The first kappa shape index (κ1) is 15.5. The van der Waals surface area contributed by atoms with Crippen molar-refractivity contribution < 1.29 is 4.79 Å². The van der Waals surface area contributed by atoms with Crippen molar-refractivity contribution in [2.24, 2.45) is 0 Å². The molecule has 1 aromatic carbocycles. The molecule has 0 saturated carbocycles. The second-order valence-electron chi connectivity index (χ2n) is 5.03. The molecular weight excluding hydrogens is 288 g/mol. The average Bonchev–Trinajstić information content (AvgIpc) is 2.94. The van der Waals surface area contributed by atoms with E-state index in [1.165, 1.54) is 6.33 Å². The minimum atomic E-state index is 0.0506. The number of rotatable bonds is 7. The Kier molecular flexibility index (Phi) is 5.75. The van der Waals surface area contributed by atoms with Gasteiger partial charge in [-0.3, -0.25) is 9.48 Å². The molecule has 21 heavy (non-hydrogen) atoms. The number of aryl methyl sites for hydroxylation is 1. The molecule has 0 aliphatic heterocycles. The van der Waals surface area contributed by atoms with E-state index in [1.807, 2.05) is 31.2 Å². The Balaban J connectivity index is 1.71. The lowest BCUT2D eigenvalue weighted by Crippen LogP contribution is -2.34. The molecule has 1 N–H and O–H groups in total. The number of hydrogen-bond donors (Lipinski definition) is 1. The number of halogens is 1. The summed E-state index contributed by atoms with van der Waals surface area (Å²) in [5, 5.41) is 7.73. The molecule has 0 saturated heterocycles. The topological polar surface area (TPSA) is 59.8 Å². The average molecular weight is 307 g/mol. The molecule has 0 aliphatic rings. The van der Waals surface area contributed by atoms with E-state index < -0.39 is 0 Å². The molecule has 1 amide bonds. The Bertz CT molecular complexity index is 571. The summed E-state index contributed by atoms with van der Waals surface area (Å²) in [7, 11) is 0. The van der Waals surface area contributed by atoms with Crippen molar-refractivity contribution in [2.75, 3.05) is 0 Å². The molecule has 0 fully saturated rings. The zero-order chi connectivity index (χ0) is 15.1. The number of hydrogen-bond acceptors (Lipinski definition) is 3. The van der Waals surface area contributed by atoms with Gasteiger partial charge in [0.05, 0.1) is 0 Å². The molecule has 2 rings (SSSR count). The summed E-state index contributed by atoms with van der Waals surface area (Å²) in [6, 6.07) is 7.76. The number of nitrogens with one attached hydrogen (secondary N) is 1. The second kappa shape index (κ2) is 7.78. The lowest BCUT2D eigenvalue weighted by atomic mass is 10.1. The van der Waals surface area contributed by atoms with E-state index in [0.29, 0.717) is 13.0 Å². The SMILES string of the molecule is CC(Cc1ccccc1Cl)NC(=O)CCCn1cncn1. The molecule has 1 aromatic heterocycles. The van der Waals surface area contributed by atoms with Crippen LogP contribution in [0.2, 0.25) is 5.02 Å². The van der Waals surface area contributed by atoms with Gasteiger partial charge in [0.1, 0.15) is 12.7 Å². The molecule has 0 spiro atoms. The standard InChI is InChI=1S/C15H19ClN4O/c1-12(9-13-5-2-3-6-14(13)16)19-15(21)7-4-8-20-11-17-10-18-20/h2-3,5-6,10-12H,4,7-9H2,1H3,(H,19,21). The van der Waals surface area contributed by atoms with E-state index >= 15 is 0 Å². The van der Waals surface area contributed by atoms with Gasteiger partial charge >= 0.3 is 0 Å².